The monoisotopic (exact) mass is 373 g/mol. The van der Waals surface area contributed by atoms with E-state index >= 15 is 0 Å². The van der Waals surface area contributed by atoms with Crippen molar-refractivity contribution in [1.82, 2.24) is 10.6 Å². The summed E-state index contributed by atoms with van der Waals surface area (Å²) in [4.78, 5) is 11.5. The summed E-state index contributed by atoms with van der Waals surface area (Å²) in [6, 6.07) is 3.37. The molecule has 1 aromatic carbocycles. The molecule has 0 aromatic heterocycles. The number of carbonyl (C=O) groups is 1. The van der Waals surface area contributed by atoms with Crippen molar-refractivity contribution in [2.45, 2.75) is 26.2 Å². The van der Waals surface area contributed by atoms with Gasteiger partial charge in [-0.3, -0.25) is 4.79 Å². The first kappa shape index (κ1) is 20.3. The van der Waals surface area contributed by atoms with Gasteiger partial charge in [0.2, 0.25) is 5.91 Å². The number of halogens is 1. The highest BCUT2D eigenvalue weighted by Gasteiger charge is 2.11. The molecule has 0 aliphatic rings. The number of nitrogens with one attached hydrogen (secondary N) is 3. The lowest BCUT2D eigenvalue weighted by atomic mass is 10.2. The molecule has 0 radical (unpaired) electrons. The van der Waals surface area contributed by atoms with Crippen molar-refractivity contribution >= 4 is 40.5 Å². The van der Waals surface area contributed by atoms with Crippen LogP contribution in [0.25, 0.3) is 0 Å². The van der Waals surface area contributed by atoms with Gasteiger partial charge in [-0.25, -0.2) is 0 Å². The highest BCUT2D eigenvalue weighted by Crippen LogP contribution is 2.35. The van der Waals surface area contributed by atoms with Gasteiger partial charge in [0.15, 0.2) is 5.11 Å². The summed E-state index contributed by atoms with van der Waals surface area (Å²) in [5, 5.41) is 9.83. The molecule has 1 aromatic rings. The maximum Gasteiger partial charge on any atom is 0.220 e. The zero-order valence-corrected chi connectivity index (χ0v) is 15.8. The number of amides is 1. The molecular formula is C16H24ClN3O3S. The van der Waals surface area contributed by atoms with E-state index in [1.54, 1.807) is 19.2 Å². The Bertz CT molecular complexity index is 570. The highest BCUT2D eigenvalue weighted by atomic mass is 35.5. The highest BCUT2D eigenvalue weighted by molar-refractivity contribution is 7.80. The van der Waals surface area contributed by atoms with Gasteiger partial charge in [0.05, 0.1) is 24.9 Å². The first-order chi connectivity index (χ1) is 11.5. The molecule has 0 aliphatic heterocycles. The zero-order valence-electron chi connectivity index (χ0n) is 14.2. The average Bonchev–Trinajstić information content (AvgIpc) is 2.57. The maximum absolute atomic E-state index is 11.5. The molecule has 0 unspecified atom stereocenters. The minimum Gasteiger partial charge on any atom is -0.495 e. The molecule has 0 spiro atoms. The van der Waals surface area contributed by atoms with Crippen molar-refractivity contribution < 1.29 is 14.3 Å². The summed E-state index contributed by atoms with van der Waals surface area (Å²) in [5.41, 5.74) is 0.650. The topological polar surface area (TPSA) is 71.6 Å². The largest absolute Gasteiger partial charge is 0.495 e. The van der Waals surface area contributed by atoms with Crippen LogP contribution in [0.5, 0.6) is 11.5 Å². The number of anilines is 1. The van der Waals surface area contributed by atoms with Gasteiger partial charge >= 0.3 is 0 Å². The summed E-state index contributed by atoms with van der Waals surface area (Å²) in [6.07, 6.45) is 2.09. The minimum absolute atomic E-state index is 0.0571. The molecule has 134 valence electrons. The van der Waals surface area contributed by atoms with Crippen molar-refractivity contribution in [3.63, 3.8) is 0 Å². The first-order valence-electron chi connectivity index (χ1n) is 7.74. The Morgan fingerprint density at radius 3 is 2.50 bits per heavy atom. The standard InChI is InChI=1S/C16H24ClN3O3S/c1-4-7-18-15(21)6-5-8-19-16(24)20-12-10-13(22-2)11(17)9-14(12)23-3/h9-10H,4-8H2,1-3H3,(H,18,21)(H2,19,20,24). The number of ether oxygens (including phenoxy) is 2. The van der Waals surface area contributed by atoms with Crippen LogP contribution in [0.2, 0.25) is 5.02 Å². The third kappa shape index (κ3) is 6.80. The SMILES string of the molecule is CCCNC(=O)CCCNC(=S)Nc1cc(OC)c(Cl)cc1OC. The van der Waals surface area contributed by atoms with Gasteiger partial charge in [-0.1, -0.05) is 18.5 Å². The van der Waals surface area contributed by atoms with E-state index in [4.69, 9.17) is 33.3 Å². The molecule has 8 heteroatoms. The molecule has 0 saturated carbocycles. The first-order valence-corrected chi connectivity index (χ1v) is 8.53. The van der Waals surface area contributed by atoms with Crippen molar-refractivity contribution in [1.29, 1.82) is 0 Å². The van der Waals surface area contributed by atoms with Crippen LogP contribution in [0.1, 0.15) is 26.2 Å². The Kier molecular flexibility index (Phi) is 9.26. The lowest BCUT2D eigenvalue weighted by molar-refractivity contribution is -0.121. The van der Waals surface area contributed by atoms with Crippen LogP contribution in [-0.2, 0) is 4.79 Å². The lowest BCUT2D eigenvalue weighted by Gasteiger charge is -2.15. The smallest absolute Gasteiger partial charge is 0.220 e. The van der Waals surface area contributed by atoms with Gasteiger partial charge in [-0.15, -0.1) is 0 Å². The van der Waals surface area contributed by atoms with Crippen LogP contribution in [0.3, 0.4) is 0 Å². The van der Waals surface area contributed by atoms with Crippen LogP contribution < -0.4 is 25.4 Å². The van der Waals surface area contributed by atoms with Crippen molar-refractivity contribution in [2.75, 3.05) is 32.6 Å². The molecule has 3 N–H and O–H groups in total. The Balaban J connectivity index is 2.46. The van der Waals surface area contributed by atoms with Crippen molar-refractivity contribution in [2.24, 2.45) is 0 Å². The second-order valence-electron chi connectivity index (χ2n) is 5.02. The molecule has 1 amide bonds. The Morgan fingerprint density at radius 2 is 1.88 bits per heavy atom. The van der Waals surface area contributed by atoms with E-state index in [2.05, 4.69) is 16.0 Å². The average molecular weight is 374 g/mol. The van der Waals surface area contributed by atoms with E-state index in [-0.39, 0.29) is 5.91 Å². The number of methoxy groups -OCH3 is 2. The number of hydrogen-bond acceptors (Lipinski definition) is 4. The second kappa shape index (κ2) is 10.9. The summed E-state index contributed by atoms with van der Waals surface area (Å²) >= 11 is 11.3. The zero-order chi connectivity index (χ0) is 17.9. The molecule has 0 saturated heterocycles. The Morgan fingerprint density at radius 1 is 1.17 bits per heavy atom. The quantitative estimate of drug-likeness (QED) is 0.456. The summed E-state index contributed by atoms with van der Waals surface area (Å²) < 4.78 is 10.5. The molecule has 1 rings (SSSR count). The fourth-order valence-corrected chi connectivity index (χ4v) is 2.37. The van der Waals surface area contributed by atoms with E-state index in [1.165, 1.54) is 7.11 Å². The van der Waals surface area contributed by atoms with Crippen molar-refractivity contribution in [3.05, 3.63) is 17.2 Å². The van der Waals surface area contributed by atoms with E-state index in [1.807, 2.05) is 6.92 Å². The summed E-state index contributed by atoms with van der Waals surface area (Å²) in [6.45, 7) is 3.33. The number of benzene rings is 1. The van der Waals surface area contributed by atoms with E-state index < -0.39 is 0 Å². The normalized spacial score (nSPS) is 10.0. The predicted octanol–water partition coefficient (Wildman–Crippen LogP) is 2.95. The van der Waals surface area contributed by atoms with Crippen molar-refractivity contribution in [3.8, 4) is 11.5 Å². The summed E-state index contributed by atoms with van der Waals surface area (Å²) in [7, 11) is 3.09. The molecule has 0 bridgehead atoms. The minimum atomic E-state index is 0.0571. The third-order valence-corrected chi connectivity index (χ3v) is 3.70. The molecule has 0 heterocycles. The Hall–Kier alpha value is -1.73. The molecule has 0 fully saturated rings. The molecule has 24 heavy (non-hydrogen) atoms. The second-order valence-corrected chi connectivity index (χ2v) is 5.84. The lowest BCUT2D eigenvalue weighted by Crippen LogP contribution is -2.30. The molecule has 0 atom stereocenters. The third-order valence-electron chi connectivity index (χ3n) is 3.16. The van der Waals surface area contributed by atoms with E-state index in [9.17, 15) is 4.79 Å². The summed E-state index contributed by atoms with van der Waals surface area (Å²) in [5.74, 6) is 1.14. The molecule has 6 nitrogen and oxygen atoms in total. The van der Waals surface area contributed by atoms with Crippen LogP contribution in [0.15, 0.2) is 12.1 Å². The number of thiocarbonyl (C=S) groups is 1. The van der Waals surface area contributed by atoms with E-state index in [0.717, 1.165) is 6.42 Å². The van der Waals surface area contributed by atoms with Gasteiger partial charge < -0.3 is 25.4 Å². The predicted molar refractivity (Wildman–Crippen MR) is 101 cm³/mol. The fraction of sp³-hybridized carbons (Fsp3) is 0.500. The van der Waals surface area contributed by atoms with Crippen LogP contribution in [-0.4, -0.2) is 38.3 Å². The Labute approximate surface area is 153 Å². The van der Waals surface area contributed by atoms with Gasteiger partial charge in [0.25, 0.3) is 0 Å². The van der Waals surface area contributed by atoms with Gasteiger partial charge in [-0.2, -0.15) is 0 Å². The number of hydrogen-bond donors (Lipinski definition) is 3. The van der Waals surface area contributed by atoms with Gasteiger partial charge in [-0.05, 0) is 25.1 Å². The van der Waals surface area contributed by atoms with Crippen LogP contribution >= 0.6 is 23.8 Å². The number of carbonyl (C=O) groups excluding carboxylic acids is 1. The van der Waals surface area contributed by atoms with Crippen LogP contribution in [0.4, 0.5) is 5.69 Å². The van der Waals surface area contributed by atoms with Gasteiger partial charge in [0.1, 0.15) is 11.5 Å². The van der Waals surface area contributed by atoms with Gasteiger partial charge in [0, 0.05) is 31.6 Å². The molecule has 0 aliphatic carbocycles. The fourth-order valence-electron chi connectivity index (χ4n) is 1.93. The van der Waals surface area contributed by atoms with Crippen LogP contribution in [0, 0.1) is 0 Å². The number of rotatable bonds is 9. The molecular weight excluding hydrogens is 350 g/mol. The van der Waals surface area contributed by atoms with E-state index in [0.29, 0.717) is 53.3 Å². The maximum atomic E-state index is 11.5.